The van der Waals surface area contributed by atoms with E-state index in [0.717, 1.165) is 11.1 Å². The van der Waals surface area contributed by atoms with Gasteiger partial charge in [0, 0.05) is 18.9 Å². The van der Waals surface area contributed by atoms with Crippen molar-refractivity contribution in [2.24, 2.45) is 0 Å². The zero-order valence-electron chi connectivity index (χ0n) is 15.0. The van der Waals surface area contributed by atoms with E-state index < -0.39 is 17.9 Å². The van der Waals surface area contributed by atoms with E-state index in [1.807, 2.05) is 60.7 Å². The minimum atomic E-state index is -1.06. The van der Waals surface area contributed by atoms with E-state index in [9.17, 15) is 14.7 Å². The molecular formula is C22H21NO4. The molecule has 0 saturated heterocycles. The van der Waals surface area contributed by atoms with E-state index in [1.165, 1.54) is 0 Å². The van der Waals surface area contributed by atoms with Crippen LogP contribution in [0.1, 0.15) is 24.0 Å². The summed E-state index contributed by atoms with van der Waals surface area (Å²) in [5, 5.41) is 9.81. The molecule has 1 unspecified atom stereocenters. The van der Waals surface area contributed by atoms with Gasteiger partial charge in [-0.2, -0.15) is 0 Å². The monoisotopic (exact) mass is 363 g/mol. The number of rotatable bonds is 6. The second-order valence-electron chi connectivity index (χ2n) is 6.20. The SMILES string of the molecule is CCOC(=O)C1=CN(Cc2ccccc2)C=C(C(=O)O)C1c1ccccc1. The summed E-state index contributed by atoms with van der Waals surface area (Å²) in [6.45, 7) is 2.42. The maximum Gasteiger partial charge on any atom is 0.336 e. The van der Waals surface area contributed by atoms with Gasteiger partial charge in [0.15, 0.2) is 0 Å². The quantitative estimate of drug-likeness (QED) is 0.793. The van der Waals surface area contributed by atoms with Crippen molar-refractivity contribution in [3.63, 3.8) is 0 Å². The number of hydrogen-bond acceptors (Lipinski definition) is 4. The molecule has 3 rings (SSSR count). The maximum atomic E-state index is 12.6. The molecule has 0 aromatic heterocycles. The summed E-state index contributed by atoms with van der Waals surface area (Å²) in [7, 11) is 0. The van der Waals surface area contributed by atoms with E-state index in [-0.39, 0.29) is 12.2 Å². The van der Waals surface area contributed by atoms with Crippen molar-refractivity contribution >= 4 is 11.9 Å². The summed E-state index contributed by atoms with van der Waals surface area (Å²) in [6.07, 6.45) is 3.28. The third-order valence-electron chi connectivity index (χ3n) is 4.33. The molecule has 0 aliphatic carbocycles. The van der Waals surface area contributed by atoms with Crippen LogP contribution in [0.2, 0.25) is 0 Å². The molecule has 2 aromatic rings. The first-order valence-electron chi connectivity index (χ1n) is 8.78. The summed E-state index contributed by atoms with van der Waals surface area (Å²) in [4.78, 5) is 26.3. The maximum absolute atomic E-state index is 12.6. The highest BCUT2D eigenvalue weighted by Crippen LogP contribution is 2.36. The number of nitrogens with zero attached hydrogens (tertiary/aromatic N) is 1. The van der Waals surface area contributed by atoms with Gasteiger partial charge >= 0.3 is 11.9 Å². The Kier molecular flexibility index (Phi) is 5.71. The molecule has 1 heterocycles. The summed E-state index contributed by atoms with van der Waals surface area (Å²) in [5.74, 6) is -2.23. The molecule has 5 nitrogen and oxygen atoms in total. The first-order valence-corrected chi connectivity index (χ1v) is 8.78. The predicted octanol–water partition coefficient (Wildman–Crippen LogP) is 3.70. The third kappa shape index (κ3) is 4.26. The summed E-state index contributed by atoms with van der Waals surface area (Å²) in [5.41, 5.74) is 2.21. The van der Waals surface area contributed by atoms with Crippen LogP contribution >= 0.6 is 0 Å². The highest BCUT2D eigenvalue weighted by molar-refractivity contribution is 5.97. The lowest BCUT2D eigenvalue weighted by atomic mass is 9.83. The smallest absolute Gasteiger partial charge is 0.336 e. The van der Waals surface area contributed by atoms with Crippen LogP contribution in [0.3, 0.4) is 0 Å². The molecule has 1 aliphatic heterocycles. The fourth-order valence-electron chi connectivity index (χ4n) is 3.16. The number of carbonyl (C=O) groups excluding carboxylic acids is 1. The number of carboxylic acid groups (broad SMARTS) is 1. The summed E-state index contributed by atoms with van der Waals surface area (Å²) in [6, 6.07) is 18.8. The normalized spacial score (nSPS) is 16.3. The summed E-state index contributed by atoms with van der Waals surface area (Å²) < 4.78 is 5.21. The van der Waals surface area contributed by atoms with Crippen LogP contribution in [0.15, 0.2) is 84.2 Å². The zero-order chi connectivity index (χ0) is 19.2. The Bertz CT molecular complexity index is 872. The molecule has 0 spiro atoms. The van der Waals surface area contributed by atoms with Gasteiger partial charge in [0.05, 0.1) is 23.7 Å². The van der Waals surface area contributed by atoms with Crippen LogP contribution in [0.4, 0.5) is 0 Å². The zero-order valence-corrected chi connectivity index (χ0v) is 15.0. The lowest BCUT2D eigenvalue weighted by Crippen LogP contribution is -2.28. The number of ether oxygens (including phenoxy) is 1. The molecule has 0 amide bonds. The van der Waals surface area contributed by atoms with Crippen molar-refractivity contribution in [1.29, 1.82) is 0 Å². The molecule has 0 bridgehead atoms. The Hall–Kier alpha value is -3.34. The molecule has 138 valence electrons. The molecular weight excluding hydrogens is 342 g/mol. The van der Waals surface area contributed by atoms with E-state index in [4.69, 9.17) is 4.74 Å². The Morgan fingerprint density at radius 2 is 1.56 bits per heavy atom. The number of aliphatic carboxylic acids is 1. The van der Waals surface area contributed by atoms with E-state index in [0.29, 0.717) is 12.1 Å². The summed E-state index contributed by atoms with van der Waals surface area (Å²) >= 11 is 0. The number of carboxylic acids is 1. The van der Waals surface area contributed by atoms with Crippen molar-refractivity contribution < 1.29 is 19.4 Å². The predicted molar refractivity (Wildman–Crippen MR) is 102 cm³/mol. The van der Waals surface area contributed by atoms with Gasteiger partial charge in [0.25, 0.3) is 0 Å². The van der Waals surface area contributed by atoms with Gasteiger partial charge in [0.2, 0.25) is 0 Å². The second kappa shape index (κ2) is 8.36. The topological polar surface area (TPSA) is 66.8 Å². The molecule has 0 fully saturated rings. The number of esters is 1. The van der Waals surface area contributed by atoms with Crippen LogP contribution in [0.25, 0.3) is 0 Å². The van der Waals surface area contributed by atoms with Gasteiger partial charge in [-0.1, -0.05) is 60.7 Å². The molecule has 1 atom stereocenters. The minimum Gasteiger partial charge on any atom is -0.478 e. The Morgan fingerprint density at radius 3 is 2.15 bits per heavy atom. The molecule has 1 aliphatic rings. The van der Waals surface area contributed by atoms with Gasteiger partial charge < -0.3 is 14.7 Å². The van der Waals surface area contributed by atoms with Crippen LogP contribution in [-0.4, -0.2) is 28.6 Å². The van der Waals surface area contributed by atoms with E-state index >= 15 is 0 Å². The molecule has 1 N–H and O–H groups in total. The van der Waals surface area contributed by atoms with Crippen LogP contribution in [-0.2, 0) is 20.9 Å². The van der Waals surface area contributed by atoms with Crippen LogP contribution < -0.4 is 0 Å². The highest BCUT2D eigenvalue weighted by Gasteiger charge is 2.34. The van der Waals surface area contributed by atoms with Crippen molar-refractivity contribution in [2.75, 3.05) is 6.61 Å². The Balaban J connectivity index is 2.04. The first-order chi connectivity index (χ1) is 13.1. The average Bonchev–Trinajstić information content (AvgIpc) is 2.69. The fourth-order valence-corrected chi connectivity index (χ4v) is 3.16. The highest BCUT2D eigenvalue weighted by atomic mass is 16.5. The second-order valence-corrected chi connectivity index (χ2v) is 6.20. The van der Waals surface area contributed by atoms with E-state index in [2.05, 4.69) is 0 Å². The molecule has 0 radical (unpaired) electrons. The molecule has 5 heteroatoms. The molecule has 0 saturated carbocycles. The molecule has 27 heavy (non-hydrogen) atoms. The van der Waals surface area contributed by atoms with Crippen LogP contribution in [0, 0.1) is 0 Å². The number of carbonyl (C=O) groups is 2. The number of hydrogen-bond donors (Lipinski definition) is 1. The average molecular weight is 363 g/mol. The Morgan fingerprint density at radius 1 is 0.963 bits per heavy atom. The van der Waals surface area contributed by atoms with Gasteiger partial charge in [-0.05, 0) is 18.1 Å². The van der Waals surface area contributed by atoms with Crippen molar-refractivity contribution in [2.45, 2.75) is 19.4 Å². The fraction of sp³-hybridized carbons (Fsp3) is 0.182. The van der Waals surface area contributed by atoms with E-state index in [1.54, 1.807) is 24.2 Å². The van der Waals surface area contributed by atoms with Crippen molar-refractivity contribution in [3.05, 3.63) is 95.3 Å². The Labute approximate surface area is 158 Å². The van der Waals surface area contributed by atoms with Crippen LogP contribution in [0.5, 0.6) is 0 Å². The third-order valence-corrected chi connectivity index (χ3v) is 4.33. The number of benzene rings is 2. The van der Waals surface area contributed by atoms with Crippen molar-refractivity contribution in [3.8, 4) is 0 Å². The standard InChI is InChI=1S/C22H21NO4/c1-2-27-22(26)19-15-23(13-16-9-5-3-6-10-16)14-18(21(24)25)20(19)17-11-7-4-8-12-17/h3-12,14-15,20H,2,13H2,1H3,(H,24,25). The largest absolute Gasteiger partial charge is 0.478 e. The van der Waals surface area contributed by atoms with Gasteiger partial charge in [-0.25, -0.2) is 9.59 Å². The van der Waals surface area contributed by atoms with Gasteiger partial charge in [-0.15, -0.1) is 0 Å². The lowest BCUT2D eigenvalue weighted by Gasteiger charge is -2.29. The molecule has 2 aromatic carbocycles. The minimum absolute atomic E-state index is 0.141. The first kappa shape index (κ1) is 18.5. The van der Waals surface area contributed by atoms with Gasteiger partial charge in [-0.3, -0.25) is 0 Å². The lowest BCUT2D eigenvalue weighted by molar-refractivity contribution is -0.138. The van der Waals surface area contributed by atoms with Gasteiger partial charge in [0.1, 0.15) is 0 Å². The van der Waals surface area contributed by atoms with Crippen molar-refractivity contribution in [1.82, 2.24) is 4.90 Å².